The first-order valence-electron chi connectivity index (χ1n) is 13.0. The summed E-state index contributed by atoms with van der Waals surface area (Å²) in [6.45, 7) is 3.09. The van der Waals surface area contributed by atoms with Crippen molar-refractivity contribution < 1.29 is 24.8 Å². The van der Waals surface area contributed by atoms with Crippen molar-refractivity contribution in [3.8, 4) is 0 Å². The molecule has 3 N–H and O–H groups in total. The summed E-state index contributed by atoms with van der Waals surface area (Å²) in [5.74, 6) is 0. The molecule has 0 aromatic carbocycles. The van der Waals surface area contributed by atoms with Gasteiger partial charge in [0.1, 0.15) is 24.4 Å². The van der Waals surface area contributed by atoms with Gasteiger partial charge in [0.15, 0.2) is 0 Å². The van der Waals surface area contributed by atoms with Crippen LogP contribution in [0, 0.1) is 0 Å². The number of hydrogen-bond acceptors (Lipinski definition) is 5. The summed E-state index contributed by atoms with van der Waals surface area (Å²) in [7, 11) is 0. The van der Waals surface area contributed by atoms with Crippen LogP contribution in [0.1, 0.15) is 110 Å². The molecule has 0 aromatic heterocycles. The van der Waals surface area contributed by atoms with Crippen molar-refractivity contribution in [2.45, 2.75) is 134 Å². The largest absolute Gasteiger partial charge is 0.388 e. The summed E-state index contributed by atoms with van der Waals surface area (Å²) in [6, 6.07) is 0. The first kappa shape index (κ1) is 28.6. The van der Waals surface area contributed by atoms with Crippen LogP contribution >= 0.6 is 0 Å². The molecule has 0 bridgehead atoms. The summed E-state index contributed by atoms with van der Waals surface area (Å²) in [5.41, 5.74) is 0. The molecule has 0 radical (unpaired) electrons. The molecule has 1 heterocycles. The Balaban J connectivity index is 1.76. The highest BCUT2D eigenvalue weighted by atomic mass is 16.5. The Bertz CT molecular complexity index is 415. The van der Waals surface area contributed by atoms with Crippen LogP contribution in [0.15, 0.2) is 12.2 Å². The molecule has 0 saturated carbocycles. The molecule has 0 aromatic rings. The molecular formula is C26H50O5. The van der Waals surface area contributed by atoms with E-state index in [1.165, 1.54) is 89.9 Å². The maximum Gasteiger partial charge on any atom is 0.114 e. The van der Waals surface area contributed by atoms with Crippen LogP contribution in [-0.4, -0.2) is 59.6 Å². The van der Waals surface area contributed by atoms with Gasteiger partial charge in [0.2, 0.25) is 0 Å². The summed E-state index contributed by atoms with van der Waals surface area (Å²) in [6.07, 6.45) is 22.0. The van der Waals surface area contributed by atoms with E-state index in [4.69, 9.17) is 9.47 Å². The van der Waals surface area contributed by atoms with Gasteiger partial charge in [-0.25, -0.2) is 0 Å². The SMILES string of the molecule is CCCCCCCCCCC/C=C/CCCCCCCOC[C@H](O)[C@H]1OC[C@@H](O)[C@H]1O. The number of aliphatic hydroxyl groups is 3. The first-order valence-corrected chi connectivity index (χ1v) is 13.0. The summed E-state index contributed by atoms with van der Waals surface area (Å²) in [4.78, 5) is 0. The molecule has 0 unspecified atom stereocenters. The summed E-state index contributed by atoms with van der Waals surface area (Å²) >= 11 is 0. The minimum atomic E-state index is -1.03. The molecule has 5 nitrogen and oxygen atoms in total. The van der Waals surface area contributed by atoms with E-state index in [9.17, 15) is 15.3 Å². The summed E-state index contributed by atoms with van der Waals surface area (Å²) in [5, 5.41) is 29.1. The predicted octanol–water partition coefficient (Wildman–Crippen LogP) is 5.30. The minimum Gasteiger partial charge on any atom is -0.388 e. The third-order valence-electron chi connectivity index (χ3n) is 6.16. The number of unbranched alkanes of at least 4 members (excludes halogenated alkanes) is 14. The van der Waals surface area contributed by atoms with E-state index in [0.29, 0.717) is 6.61 Å². The molecule has 1 saturated heterocycles. The molecule has 1 aliphatic heterocycles. The monoisotopic (exact) mass is 442 g/mol. The molecule has 1 rings (SSSR count). The average Bonchev–Trinajstić information content (AvgIpc) is 3.10. The second kappa shape index (κ2) is 20.2. The number of hydrogen-bond donors (Lipinski definition) is 3. The number of allylic oxidation sites excluding steroid dienone is 2. The van der Waals surface area contributed by atoms with Crippen LogP contribution in [-0.2, 0) is 9.47 Å². The second-order valence-corrected chi connectivity index (χ2v) is 9.14. The lowest BCUT2D eigenvalue weighted by Crippen LogP contribution is -2.40. The highest BCUT2D eigenvalue weighted by molar-refractivity contribution is 4.87. The highest BCUT2D eigenvalue weighted by Crippen LogP contribution is 2.18. The van der Waals surface area contributed by atoms with E-state index in [2.05, 4.69) is 19.1 Å². The normalized spacial score (nSPS) is 22.5. The van der Waals surface area contributed by atoms with E-state index >= 15 is 0 Å². The molecule has 0 amide bonds. The molecule has 4 atom stereocenters. The Kier molecular flexibility index (Phi) is 18.6. The molecule has 31 heavy (non-hydrogen) atoms. The third-order valence-corrected chi connectivity index (χ3v) is 6.16. The lowest BCUT2D eigenvalue weighted by molar-refractivity contribution is -0.0813. The molecule has 184 valence electrons. The lowest BCUT2D eigenvalue weighted by atomic mass is 10.1. The van der Waals surface area contributed by atoms with Gasteiger partial charge in [0, 0.05) is 6.61 Å². The van der Waals surface area contributed by atoms with Crippen LogP contribution in [0.2, 0.25) is 0 Å². The standard InChI is InChI=1S/C26H50O5/c1-2-3-4-5-6-7-8-9-10-11-12-13-14-15-16-17-18-19-20-30-21-24(28)26-25(29)23(27)22-31-26/h12-13,23-29H,2-11,14-22H2,1H3/b13-12+/t23-,24+,25-,26-/m1/s1. The Morgan fingerprint density at radius 3 is 1.84 bits per heavy atom. The van der Waals surface area contributed by atoms with Crippen molar-refractivity contribution in [1.29, 1.82) is 0 Å². The van der Waals surface area contributed by atoms with Crippen molar-refractivity contribution in [3.63, 3.8) is 0 Å². The van der Waals surface area contributed by atoms with Gasteiger partial charge in [0.25, 0.3) is 0 Å². The van der Waals surface area contributed by atoms with Crippen molar-refractivity contribution in [2.24, 2.45) is 0 Å². The molecule has 1 fully saturated rings. The van der Waals surface area contributed by atoms with E-state index in [1.54, 1.807) is 0 Å². The zero-order valence-corrected chi connectivity index (χ0v) is 20.1. The lowest BCUT2D eigenvalue weighted by Gasteiger charge is -2.20. The van der Waals surface area contributed by atoms with Gasteiger partial charge in [0.05, 0.1) is 13.2 Å². The highest BCUT2D eigenvalue weighted by Gasteiger charge is 2.39. The Morgan fingerprint density at radius 2 is 1.32 bits per heavy atom. The molecular weight excluding hydrogens is 392 g/mol. The molecule has 0 aliphatic carbocycles. The van der Waals surface area contributed by atoms with Crippen LogP contribution in [0.3, 0.4) is 0 Å². The van der Waals surface area contributed by atoms with Gasteiger partial charge in [-0.05, 0) is 32.1 Å². The van der Waals surface area contributed by atoms with Gasteiger partial charge in [-0.1, -0.05) is 89.7 Å². The fourth-order valence-electron chi connectivity index (χ4n) is 4.07. The Labute approximate surface area is 191 Å². The zero-order valence-electron chi connectivity index (χ0n) is 20.1. The quantitative estimate of drug-likeness (QED) is 0.166. The van der Waals surface area contributed by atoms with Crippen molar-refractivity contribution >= 4 is 0 Å². The van der Waals surface area contributed by atoms with E-state index in [-0.39, 0.29) is 13.2 Å². The average molecular weight is 443 g/mol. The van der Waals surface area contributed by atoms with Gasteiger partial charge >= 0.3 is 0 Å². The maximum absolute atomic E-state index is 9.96. The van der Waals surface area contributed by atoms with Crippen LogP contribution in [0.4, 0.5) is 0 Å². The topological polar surface area (TPSA) is 79.2 Å². The van der Waals surface area contributed by atoms with Crippen LogP contribution < -0.4 is 0 Å². The first-order chi connectivity index (χ1) is 15.2. The predicted molar refractivity (Wildman–Crippen MR) is 127 cm³/mol. The van der Waals surface area contributed by atoms with E-state index in [1.807, 2.05) is 0 Å². The number of ether oxygens (including phenoxy) is 2. The Hall–Kier alpha value is -0.460. The molecule has 1 aliphatic rings. The number of rotatable bonds is 21. The zero-order chi connectivity index (χ0) is 22.6. The van der Waals surface area contributed by atoms with E-state index < -0.39 is 24.4 Å². The fourth-order valence-corrected chi connectivity index (χ4v) is 4.07. The van der Waals surface area contributed by atoms with Gasteiger partial charge in [-0.2, -0.15) is 0 Å². The minimum absolute atomic E-state index is 0.0668. The van der Waals surface area contributed by atoms with Gasteiger partial charge in [-0.3, -0.25) is 0 Å². The smallest absolute Gasteiger partial charge is 0.114 e. The van der Waals surface area contributed by atoms with Crippen LogP contribution in [0.25, 0.3) is 0 Å². The van der Waals surface area contributed by atoms with Crippen molar-refractivity contribution in [1.82, 2.24) is 0 Å². The van der Waals surface area contributed by atoms with E-state index in [0.717, 1.165) is 12.8 Å². The van der Waals surface area contributed by atoms with Crippen molar-refractivity contribution in [3.05, 3.63) is 12.2 Å². The van der Waals surface area contributed by atoms with Crippen LogP contribution in [0.5, 0.6) is 0 Å². The summed E-state index contributed by atoms with van der Waals surface area (Å²) < 4.78 is 10.7. The fraction of sp³-hybridized carbons (Fsp3) is 0.923. The maximum atomic E-state index is 9.96. The second-order valence-electron chi connectivity index (χ2n) is 9.14. The van der Waals surface area contributed by atoms with Crippen molar-refractivity contribution in [2.75, 3.05) is 19.8 Å². The van der Waals surface area contributed by atoms with Gasteiger partial charge in [-0.15, -0.1) is 0 Å². The Morgan fingerprint density at radius 1 is 0.806 bits per heavy atom. The molecule has 0 spiro atoms. The number of aliphatic hydroxyl groups excluding tert-OH is 3. The van der Waals surface area contributed by atoms with Gasteiger partial charge < -0.3 is 24.8 Å². The third kappa shape index (κ3) is 15.1. The molecule has 5 heteroatoms.